The molecule has 0 amide bonds. The highest BCUT2D eigenvalue weighted by Crippen LogP contribution is 2.31. The van der Waals surface area contributed by atoms with E-state index in [0.29, 0.717) is 17.6 Å². The lowest BCUT2D eigenvalue weighted by atomic mass is 9.80. The molecule has 0 bridgehead atoms. The van der Waals surface area contributed by atoms with Gasteiger partial charge in [0.05, 0.1) is 11.9 Å². The number of hydrogen-bond donors (Lipinski definition) is 2. The topological polar surface area (TPSA) is 58.2 Å². The zero-order valence-electron chi connectivity index (χ0n) is 12.4. The standard InChI is InChI=1S/C15H24N2O2S/c1-11-7-8-15(12(2)9-11)16-13-5-4-6-14(10-13)17-20(3,18)19/h4-6,10-12,15-17H,7-9H2,1-3H3. The number of benzene rings is 1. The van der Waals surface area contributed by atoms with Gasteiger partial charge >= 0.3 is 0 Å². The number of nitrogens with one attached hydrogen (secondary N) is 2. The number of anilines is 2. The second-order valence-corrected chi connectivity index (χ2v) is 7.85. The molecule has 1 aromatic carbocycles. The Hall–Kier alpha value is -1.23. The molecule has 0 radical (unpaired) electrons. The van der Waals surface area contributed by atoms with Gasteiger partial charge in [-0.05, 0) is 49.3 Å². The number of sulfonamides is 1. The first-order valence-corrected chi connectivity index (χ1v) is 9.07. The largest absolute Gasteiger partial charge is 0.382 e. The molecule has 0 heterocycles. The quantitative estimate of drug-likeness (QED) is 0.896. The Bertz CT molecular complexity index is 557. The van der Waals surface area contributed by atoms with Crippen LogP contribution in [-0.2, 0) is 10.0 Å². The van der Waals surface area contributed by atoms with Crippen LogP contribution in [0, 0.1) is 11.8 Å². The fraction of sp³-hybridized carbons (Fsp3) is 0.600. The van der Waals surface area contributed by atoms with E-state index < -0.39 is 10.0 Å². The normalized spacial score (nSPS) is 27.1. The van der Waals surface area contributed by atoms with Crippen molar-refractivity contribution in [1.82, 2.24) is 0 Å². The Kier molecular flexibility index (Phi) is 4.58. The van der Waals surface area contributed by atoms with Gasteiger partial charge in [0.15, 0.2) is 0 Å². The van der Waals surface area contributed by atoms with Gasteiger partial charge in [0.1, 0.15) is 0 Å². The molecular weight excluding hydrogens is 272 g/mol. The van der Waals surface area contributed by atoms with E-state index in [9.17, 15) is 8.42 Å². The fourth-order valence-corrected chi connectivity index (χ4v) is 3.54. The molecule has 20 heavy (non-hydrogen) atoms. The van der Waals surface area contributed by atoms with Crippen LogP contribution in [0.2, 0.25) is 0 Å². The van der Waals surface area contributed by atoms with Crippen molar-refractivity contribution >= 4 is 21.4 Å². The maximum Gasteiger partial charge on any atom is 0.229 e. The lowest BCUT2D eigenvalue weighted by Gasteiger charge is -2.33. The van der Waals surface area contributed by atoms with Crippen molar-refractivity contribution < 1.29 is 8.42 Å². The number of hydrogen-bond acceptors (Lipinski definition) is 3. The molecule has 0 saturated heterocycles. The van der Waals surface area contributed by atoms with Gasteiger partial charge in [-0.2, -0.15) is 0 Å². The molecule has 4 nitrogen and oxygen atoms in total. The zero-order valence-corrected chi connectivity index (χ0v) is 13.2. The Balaban J connectivity index is 2.04. The van der Waals surface area contributed by atoms with Crippen molar-refractivity contribution in [3.8, 4) is 0 Å². The van der Waals surface area contributed by atoms with Gasteiger partial charge in [0, 0.05) is 11.7 Å². The van der Waals surface area contributed by atoms with Crippen LogP contribution >= 0.6 is 0 Å². The summed E-state index contributed by atoms with van der Waals surface area (Å²) < 4.78 is 25.0. The van der Waals surface area contributed by atoms with Crippen molar-refractivity contribution in [1.29, 1.82) is 0 Å². The third kappa shape index (κ3) is 4.40. The van der Waals surface area contributed by atoms with E-state index in [1.54, 1.807) is 6.07 Å². The molecule has 2 N–H and O–H groups in total. The highest BCUT2D eigenvalue weighted by Gasteiger charge is 2.25. The predicted octanol–water partition coefficient (Wildman–Crippen LogP) is 3.29. The molecule has 2 rings (SSSR count). The second kappa shape index (κ2) is 6.04. The lowest BCUT2D eigenvalue weighted by molar-refractivity contribution is 0.276. The minimum absolute atomic E-state index is 0.472. The van der Waals surface area contributed by atoms with Crippen LogP contribution < -0.4 is 10.0 Å². The summed E-state index contributed by atoms with van der Waals surface area (Å²) in [5.41, 5.74) is 1.58. The molecule has 3 atom stereocenters. The Morgan fingerprint density at radius 1 is 1.15 bits per heavy atom. The third-order valence-corrected chi connectivity index (χ3v) is 4.56. The van der Waals surface area contributed by atoms with E-state index in [0.717, 1.165) is 17.9 Å². The van der Waals surface area contributed by atoms with Crippen molar-refractivity contribution in [2.24, 2.45) is 11.8 Å². The van der Waals surface area contributed by atoms with Crippen molar-refractivity contribution in [3.63, 3.8) is 0 Å². The first kappa shape index (κ1) is 15.2. The molecule has 3 unspecified atom stereocenters. The smallest absolute Gasteiger partial charge is 0.229 e. The maximum absolute atomic E-state index is 11.3. The minimum atomic E-state index is -3.22. The van der Waals surface area contributed by atoms with Gasteiger partial charge < -0.3 is 5.32 Å². The van der Waals surface area contributed by atoms with E-state index in [1.807, 2.05) is 18.2 Å². The molecule has 1 fully saturated rings. The molecule has 0 aliphatic heterocycles. The van der Waals surface area contributed by atoms with Gasteiger partial charge in [0.2, 0.25) is 10.0 Å². The molecule has 1 saturated carbocycles. The summed E-state index contributed by atoms with van der Waals surface area (Å²) >= 11 is 0. The van der Waals surface area contributed by atoms with Crippen LogP contribution in [0.4, 0.5) is 11.4 Å². The Morgan fingerprint density at radius 2 is 1.85 bits per heavy atom. The van der Waals surface area contributed by atoms with Crippen LogP contribution in [0.5, 0.6) is 0 Å². The summed E-state index contributed by atoms with van der Waals surface area (Å²) in [6.07, 6.45) is 4.84. The van der Waals surface area contributed by atoms with E-state index in [1.165, 1.54) is 19.3 Å². The monoisotopic (exact) mass is 296 g/mol. The SMILES string of the molecule is CC1CCC(Nc2cccc(NS(C)(=O)=O)c2)C(C)C1. The summed E-state index contributed by atoms with van der Waals surface area (Å²) in [6, 6.07) is 7.94. The fourth-order valence-electron chi connectivity index (χ4n) is 2.98. The molecule has 1 aromatic rings. The van der Waals surface area contributed by atoms with Gasteiger partial charge in [-0.1, -0.05) is 19.9 Å². The van der Waals surface area contributed by atoms with E-state index >= 15 is 0 Å². The van der Waals surface area contributed by atoms with E-state index in [-0.39, 0.29) is 0 Å². The predicted molar refractivity (Wildman–Crippen MR) is 84.5 cm³/mol. The summed E-state index contributed by atoms with van der Waals surface area (Å²) in [6.45, 7) is 4.59. The highest BCUT2D eigenvalue weighted by atomic mass is 32.2. The first-order valence-electron chi connectivity index (χ1n) is 7.18. The minimum Gasteiger partial charge on any atom is -0.382 e. The lowest BCUT2D eigenvalue weighted by Crippen LogP contribution is -2.33. The van der Waals surface area contributed by atoms with Gasteiger partial charge in [-0.3, -0.25) is 4.72 Å². The Labute approximate surface area is 122 Å². The molecule has 1 aliphatic carbocycles. The van der Waals surface area contributed by atoms with Gasteiger partial charge in [-0.15, -0.1) is 0 Å². The molecule has 5 heteroatoms. The second-order valence-electron chi connectivity index (χ2n) is 6.10. The van der Waals surface area contributed by atoms with Crippen LogP contribution in [-0.4, -0.2) is 20.7 Å². The molecule has 1 aliphatic rings. The van der Waals surface area contributed by atoms with Crippen LogP contribution in [0.15, 0.2) is 24.3 Å². The zero-order chi connectivity index (χ0) is 14.8. The van der Waals surface area contributed by atoms with E-state index in [2.05, 4.69) is 23.9 Å². The Morgan fingerprint density at radius 3 is 2.50 bits per heavy atom. The summed E-state index contributed by atoms with van der Waals surface area (Å²) in [4.78, 5) is 0. The molecule has 0 spiro atoms. The maximum atomic E-state index is 11.3. The van der Waals surface area contributed by atoms with Crippen LogP contribution in [0.1, 0.15) is 33.1 Å². The summed E-state index contributed by atoms with van der Waals surface area (Å²) in [5.74, 6) is 1.45. The van der Waals surface area contributed by atoms with Gasteiger partial charge in [-0.25, -0.2) is 8.42 Å². The van der Waals surface area contributed by atoms with Crippen LogP contribution in [0.3, 0.4) is 0 Å². The van der Waals surface area contributed by atoms with Crippen LogP contribution in [0.25, 0.3) is 0 Å². The molecule has 0 aromatic heterocycles. The molecule has 112 valence electrons. The average molecular weight is 296 g/mol. The number of rotatable bonds is 4. The summed E-state index contributed by atoms with van der Waals surface area (Å²) in [7, 11) is -3.22. The summed E-state index contributed by atoms with van der Waals surface area (Å²) in [5, 5.41) is 3.54. The van der Waals surface area contributed by atoms with E-state index in [4.69, 9.17) is 0 Å². The first-order chi connectivity index (χ1) is 9.33. The molecular formula is C15H24N2O2S. The average Bonchev–Trinajstić information content (AvgIpc) is 2.31. The van der Waals surface area contributed by atoms with Crippen molar-refractivity contribution in [3.05, 3.63) is 24.3 Å². The van der Waals surface area contributed by atoms with Crippen molar-refractivity contribution in [2.45, 2.75) is 39.2 Å². The van der Waals surface area contributed by atoms with Crippen molar-refractivity contribution in [2.75, 3.05) is 16.3 Å². The van der Waals surface area contributed by atoms with Gasteiger partial charge in [0.25, 0.3) is 0 Å². The highest BCUT2D eigenvalue weighted by molar-refractivity contribution is 7.92. The third-order valence-electron chi connectivity index (χ3n) is 3.95.